The molecule has 0 radical (unpaired) electrons. The van der Waals surface area contributed by atoms with Crippen molar-refractivity contribution >= 4 is 16.9 Å². The minimum Gasteiger partial charge on any atom is -0.457 e. The third-order valence-electron chi connectivity index (χ3n) is 7.61. The monoisotopic (exact) mass is 487 g/mol. The van der Waals surface area contributed by atoms with Gasteiger partial charge in [0, 0.05) is 50.0 Å². The summed E-state index contributed by atoms with van der Waals surface area (Å²) in [7, 11) is 2.19. The maximum atomic E-state index is 8.12. The summed E-state index contributed by atoms with van der Waals surface area (Å²) in [6.45, 7) is 4.55. The molecule has 7 heteroatoms. The second-order valence-electron chi connectivity index (χ2n) is 9.79. The van der Waals surface area contributed by atoms with Gasteiger partial charge in [0.15, 0.2) is 0 Å². The van der Waals surface area contributed by atoms with E-state index in [1.54, 1.807) is 12.1 Å². The molecule has 1 saturated carbocycles. The Hall–Kier alpha value is -3.42. The minimum absolute atomic E-state index is 0.204. The highest BCUT2D eigenvalue weighted by Gasteiger charge is 2.29. The highest BCUT2D eigenvalue weighted by atomic mass is 16.5. The molecule has 1 aliphatic carbocycles. The first-order valence-corrected chi connectivity index (χ1v) is 12.6. The number of piperazine rings is 1. The molecular weight excluding hydrogens is 448 g/mol. The van der Waals surface area contributed by atoms with Gasteiger partial charge in [-0.25, -0.2) is 9.97 Å². The van der Waals surface area contributed by atoms with E-state index in [-0.39, 0.29) is 17.8 Å². The minimum atomic E-state index is -0.452. The van der Waals surface area contributed by atoms with Crippen molar-refractivity contribution in [2.75, 3.05) is 39.0 Å². The Bertz CT molecular complexity index is 1550. The van der Waals surface area contributed by atoms with Crippen molar-refractivity contribution in [1.82, 2.24) is 24.3 Å². The fourth-order valence-corrected chi connectivity index (χ4v) is 5.60. The standard InChI is InChI=1S/C29H34N6O/c1-33-15-17-34(18-16-33)22-9-11-23(12-10-22)35-19-26(27-28(30)31-20-32-29(27)35)21-7-13-25(14-8-21)36-24-5-3-2-4-6-24/h2-8,13-14,19-20,22-23H,9-12,15-18H2,1H3,(H2,30,31,32)/t22-,23-/i2D,3D,4D,5D,6D. The molecule has 0 amide bonds. The van der Waals surface area contributed by atoms with Crippen LogP contribution in [0.25, 0.3) is 22.2 Å². The summed E-state index contributed by atoms with van der Waals surface area (Å²) in [4.78, 5) is 14.0. The Kier molecular flexibility index (Phi) is 4.93. The molecule has 2 aromatic heterocycles. The molecule has 4 aromatic rings. The van der Waals surface area contributed by atoms with Crippen molar-refractivity contribution in [3.05, 3.63) is 67.0 Å². The predicted octanol–water partition coefficient (Wildman–Crippen LogP) is 5.20. The zero-order chi connectivity index (χ0) is 28.8. The van der Waals surface area contributed by atoms with Crippen molar-refractivity contribution in [2.24, 2.45) is 0 Å². The third-order valence-corrected chi connectivity index (χ3v) is 7.61. The van der Waals surface area contributed by atoms with Gasteiger partial charge in [-0.2, -0.15) is 0 Å². The van der Waals surface area contributed by atoms with E-state index in [1.807, 2.05) is 12.1 Å². The lowest BCUT2D eigenvalue weighted by molar-refractivity contribution is 0.0828. The van der Waals surface area contributed by atoms with Crippen LogP contribution >= 0.6 is 0 Å². The van der Waals surface area contributed by atoms with Gasteiger partial charge in [-0.15, -0.1) is 0 Å². The van der Waals surface area contributed by atoms with E-state index in [2.05, 4.69) is 37.6 Å². The van der Waals surface area contributed by atoms with Gasteiger partial charge in [-0.05, 0) is 62.5 Å². The highest BCUT2D eigenvalue weighted by molar-refractivity contribution is 6.00. The van der Waals surface area contributed by atoms with Crippen LogP contribution in [0.3, 0.4) is 0 Å². The number of benzene rings is 2. The van der Waals surface area contributed by atoms with E-state index in [0.717, 1.165) is 74.0 Å². The quantitative estimate of drug-likeness (QED) is 0.417. The third kappa shape index (κ3) is 4.56. The number of likely N-dealkylation sites (N-methyl/N-ethyl adjacent to an activating group) is 1. The maximum absolute atomic E-state index is 8.12. The lowest BCUT2D eigenvalue weighted by Gasteiger charge is -2.41. The fourth-order valence-electron chi connectivity index (χ4n) is 5.60. The summed E-state index contributed by atoms with van der Waals surface area (Å²) >= 11 is 0. The van der Waals surface area contributed by atoms with Gasteiger partial charge in [0.25, 0.3) is 0 Å². The van der Waals surface area contributed by atoms with Crippen molar-refractivity contribution < 1.29 is 11.6 Å². The van der Waals surface area contributed by atoms with Crippen LogP contribution in [0.1, 0.15) is 38.6 Å². The summed E-state index contributed by atoms with van der Waals surface area (Å²) in [6, 6.07) is 6.09. The molecular formula is C29H34N6O. The largest absolute Gasteiger partial charge is 0.457 e. The second-order valence-corrected chi connectivity index (χ2v) is 9.79. The van der Waals surface area contributed by atoms with Crippen LogP contribution in [0, 0.1) is 0 Å². The zero-order valence-electron chi connectivity index (χ0n) is 25.5. The molecule has 1 saturated heterocycles. The van der Waals surface area contributed by atoms with Crippen molar-refractivity contribution in [2.45, 2.75) is 37.8 Å². The van der Waals surface area contributed by atoms with Crippen LogP contribution in [0.15, 0.2) is 67.0 Å². The average Bonchev–Trinajstić information content (AvgIpc) is 3.39. The van der Waals surface area contributed by atoms with Gasteiger partial charge in [0.2, 0.25) is 0 Å². The van der Waals surface area contributed by atoms with Gasteiger partial charge in [-0.1, -0.05) is 30.3 Å². The normalized spacial score (nSPS) is 23.5. The van der Waals surface area contributed by atoms with E-state index >= 15 is 0 Å². The van der Waals surface area contributed by atoms with E-state index in [0.29, 0.717) is 23.7 Å². The van der Waals surface area contributed by atoms with Gasteiger partial charge < -0.3 is 19.9 Å². The molecule has 0 unspecified atom stereocenters. The Morgan fingerprint density at radius 3 is 2.31 bits per heavy atom. The number of hydrogen-bond donors (Lipinski definition) is 1. The van der Waals surface area contributed by atoms with Crippen LogP contribution in [-0.2, 0) is 0 Å². The maximum Gasteiger partial charge on any atom is 0.146 e. The average molecular weight is 488 g/mol. The lowest BCUT2D eigenvalue weighted by atomic mass is 9.89. The summed E-state index contributed by atoms with van der Waals surface area (Å²) in [6.07, 6.45) is 8.12. The second kappa shape index (κ2) is 9.91. The molecule has 1 aliphatic heterocycles. The molecule has 0 bridgehead atoms. The van der Waals surface area contributed by atoms with Crippen molar-refractivity contribution in [3.63, 3.8) is 0 Å². The number of nitrogen functional groups attached to an aromatic ring is 1. The van der Waals surface area contributed by atoms with Gasteiger partial charge in [0.1, 0.15) is 29.3 Å². The zero-order valence-corrected chi connectivity index (χ0v) is 20.5. The number of nitrogens with two attached hydrogens (primary N) is 1. The fraction of sp³-hybridized carbons (Fsp3) is 0.379. The topological polar surface area (TPSA) is 72.4 Å². The van der Waals surface area contributed by atoms with E-state index in [1.165, 1.54) is 6.33 Å². The van der Waals surface area contributed by atoms with Crippen LogP contribution in [-0.4, -0.2) is 63.6 Å². The summed E-state index contributed by atoms with van der Waals surface area (Å²) in [5, 5.41) is 0.813. The molecule has 0 spiro atoms. The summed E-state index contributed by atoms with van der Waals surface area (Å²) in [5.41, 5.74) is 9.03. The van der Waals surface area contributed by atoms with Crippen molar-refractivity contribution in [1.29, 1.82) is 0 Å². The molecule has 2 fully saturated rings. The predicted molar refractivity (Wildman–Crippen MR) is 144 cm³/mol. The first-order valence-electron chi connectivity index (χ1n) is 15.1. The molecule has 0 atom stereocenters. The molecule has 186 valence electrons. The number of para-hydroxylation sites is 1. The molecule has 3 heterocycles. The molecule has 2 aliphatic rings. The number of nitrogens with zero attached hydrogens (tertiary/aromatic N) is 5. The number of fused-ring (bicyclic) bond motifs is 1. The Morgan fingerprint density at radius 2 is 1.58 bits per heavy atom. The van der Waals surface area contributed by atoms with Crippen LogP contribution in [0.5, 0.6) is 11.5 Å². The smallest absolute Gasteiger partial charge is 0.146 e. The number of rotatable bonds is 5. The van der Waals surface area contributed by atoms with Crippen molar-refractivity contribution in [3.8, 4) is 22.6 Å². The summed E-state index contributed by atoms with van der Waals surface area (Å²) in [5.74, 6) is 0.585. The Balaban J connectivity index is 1.25. The van der Waals surface area contributed by atoms with Crippen LogP contribution < -0.4 is 10.5 Å². The molecule has 2 aromatic carbocycles. The van der Waals surface area contributed by atoms with Crippen LogP contribution in [0.4, 0.5) is 5.82 Å². The SMILES string of the molecule is [2H]c1c([2H])c([2H])c(Oc2ccc(-c3cn([C@H]4CC[C@H](N5CCN(C)CC5)CC4)c4ncnc(N)c34)cc2)c([2H])c1[2H]. The number of ether oxygens (including phenoxy) is 1. The molecule has 36 heavy (non-hydrogen) atoms. The number of aromatic nitrogens is 3. The Morgan fingerprint density at radius 1 is 0.889 bits per heavy atom. The number of hydrogen-bond acceptors (Lipinski definition) is 6. The van der Waals surface area contributed by atoms with E-state index in [4.69, 9.17) is 17.3 Å². The first kappa shape index (κ1) is 17.9. The summed E-state index contributed by atoms with van der Waals surface area (Å²) < 4.78 is 47.8. The van der Waals surface area contributed by atoms with E-state index < -0.39 is 18.1 Å². The van der Waals surface area contributed by atoms with Crippen LogP contribution in [0.2, 0.25) is 0 Å². The molecule has 6 rings (SSSR count). The first-order chi connectivity index (χ1) is 19.7. The molecule has 2 N–H and O–H groups in total. The van der Waals surface area contributed by atoms with Gasteiger partial charge >= 0.3 is 0 Å². The highest BCUT2D eigenvalue weighted by Crippen LogP contribution is 2.39. The molecule has 7 nitrogen and oxygen atoms in total. The number of anilines is 1. The van der Waals surface area contributed by atoms with E-state index in [9.17, 15) is 0 Å². The Labute approximate surface area is 219 Å². The van der Waals surface area contributed by atoms with Gasteiger partial charge in [0.05, 0.1) is 12.2 Å². The van der Waals surface area contributed by atoms with Gasteiger partial charge in [-0.3, -0.25) is 4.90 Å². The lowest BCUT2D eigenvalue weighted by Crippen LogP contribution is -2.49.